The van der Waals surface area contributed by atoms with Crippen molar-refractivity contribution in [3.05, 3.63) is 23.8 Å². The average Bonchev–Trinajstić information content (AvgIpc) is 2.58. The Morgan fingerprint density at radius 3 is 2.65 bits per heavy atom. The maximum absolute atomic E-state index is 11.9. The summed E-state index contributed by atoms with van der Waals surface area (Å²) in [4.78, 5) is 11.8. The first-order chi connectivity index (χ1) is 9.26. The normalized spacial score (nSPS) is 16.6. The van der Waals surface area contributed by atoms with Crippen molar-refractivity contribution in [2.24, 2.45) is 0 Å². The van der Waals surface area contributed by atoms with Gasteiger partial charge in [-0.1, -0.05) is 13.3 Å². The fraction of sp³-hybridized carbons (Fsp3) is 0.500. The van der Waals surface area contributed by atoms with E-state index in [4.69, 9.17) is 0 Å². The van der Waals surface area contributed by atoms with Gasteiger partial charge in [0.05, 0.1) is 11.2 Å². The lowest BCUT2D eigenvalue weighted by atomic mass is 9.86. The van der Waals surface area contributed by atoms with Crippen LogP contribution in [0.4, 0.5) is 11.4 Å². The zero-order chi connectivity index (χ0) is 15.0. The largest absolute Gasteiger partial charge is 0.325 e. The van der Waals surface area contributed by atoms with Crippen LogP contribution in [-0.4, -0.2) is 20.1 Å². The molecule has 1 aliphatic rings. The minimum atomic E-state index is -3.32. The lowest BCUT2D eigenvalue weighted by Crippen LogP contribution is -2.27. The first kappa shape index (κ1) is 14.8. The highest BCUT2D eigenvalue weighted by atomic mass is 32.2. The molecule has 6 heteroatoms. The lowest BCUT2D eigenvalue weighted by Gasteiger charge is -2.16. The number of carbonyl (C=O) groups excluding carboxylic acids is 1. The molecule has 0 spiro atoms. The molecule has 0 aliphatic carbocycles. The van der Waals surface area contributed by atoms with E-state index < -0.39 is 15.4 Å². The van der Waals surface area contributed by atoms with Gasteiger partial charge < -0.3 is 5.32 Å². The molecular weight excluding hydrogens is 276 g/mol. The van der Waals surface area contributed by atoms with Crippen LogP contribution in [-0.2, 0) is 20.2 Å². The number of unbranched alkanes of at least 4 members (excludes halogenated alkanes) is 1. The quantitative estimate of drug-likeness (QED) is 0.876. The van der Waals surface area contributed by atoms with Crippen LogP contribution in [0.2, 0.25) is 0 Å². The van der Waals surface area contributed by atoms with E-state index in [1.165, 1.54) is 0 Å². The molecule has 1 aliphatic heterocycles. The minimum absolute atomic E-state index is 0.0708. The van der Waals surface area contributed by atoms with Crippen molar-refractivity contribution in [2.45, 2.75) is 39.0 Å². The van der Waals surface area contributed by atoms with Gasteiger partial charge in [0, 0.05) is 11.4 Å². The molecule has 0 radical (unpaired) electrons. The zero-order valence-corrected chi connectivity index (χ0v) is 12.8. The standard InChI is InChI=1S/C14H20N2O3S/c1-4-5-8-20(18,19)16-10-6-7-12-11(9-10)14(2,3)13(17)15-12/h6-7,9,16H,4-5,8H2,1-3H3,(H,15,17). The van der Waals surface area contributed by atoms with Gasteiger partial charge in [-0.2, -0.15) is 0 Å². The lowest BCUT2D eigenvalue weighted by molar-refractivity contribution is -0.119. The monoisotopic (exact) mass is 296 g/mol. The Labute approximate surface area is 119 Å². The molecule has 5 nitrogen and oxygen atoms in total. The molecule has 0 saturated heterocycles. The summed E-state index contributed by atoms with van der Waals surface area (Å²) in [6, 6.07) is 5.14. The number of hydrogen-bond donors (Lipinski definition) is 2. The number of sulfonamides is 1. The van der Waals surface area contributed by atoms with Crippen LogP contribution in [0.3, 0.4) is 0 Å². The second-order valence-corrected chi connectivity index (χ2v) is 7.46. The second kappa shape index (κ2) is 5.09. The van der Waals surface area contributed by atoms with Crippen molar-refractivity contribution in [3.8, 4) is 0 Å². The van der Waals surface area contributed by atoms with Crippen LogP contribution in [0.15, 0.2) is 18.2 Å². The van der Waals surface area contributed by atoms with Gasteiger partial charge in [-0.05, 0) is 44.0 Å². The molecule has 0 unspecified atom stereocenters. The maximum Gasteiger partial charge on any atom is 0.234 e. The van der Waals surface area contributed by atoms with E-state index in [9.17, 15) is 13.2 Å². The summed E-state index contributed by atoms with van der Waals surface area (Å²) in [5.41, 5.74) is 1.43. The maximum atomic E-state index is 11.9. The molecular formula is C14H20N2O3S. The number of nitrogens with one attached hydrogen (secondary N) is 2. The SMILES string of the molecule is CCCCS(=O)(=O)Nc1ccc2c(c1)C(C)(C)C(=O)N2. The number of benzene rings is 1. The smallest absolute Gasteiger partial charge is 0.234 e. The Kier molecular flexibility index (Phi) is 3.77. The number of rotatable bonds is 5. The molecule has 20 heavy (non-hydrogen) atoms. The minimum Gasteiger partial charge on any atom is -0.325 e. The van der Waals surface area contributed by atoms with Crippen LogP contribution < -0.4 is 10.0 Å². The van der Waals surface area contributed by atoms with Crippen molar-refractivity contribution in [2.75, 3.05) is 15.8 Å². The van der Waals surface area contributed by atoms with E-state index in [1.54, 1.807) is 18.2 Å². The van der Waals surface area contributed by atoms with E-state index in [0.717, 1.165) is 17.7 Å². The predicted molar refractivity (Wildman–Crippen MR) is 80.4 cm³/mol. The predicted octanol–water partition coefficient (Wildman–Crippen LogP) is 2.46. The highest BCUT2D eigenvalue weighted by Crippen LogP contribution is 2.38. The van der Waals surface area contributed by atoms with E-state index in [0.29, 0.717) is 12.1 Å². The molecule has 1 aromatic rings. The molecule has 2 rings (SSSR count). The Hall–Kier alpha value is -1.56. The molecule has 0 atom stereocenters. The van der Waals surface area contributed by atoms with Crippen LogP contribution >= 0.6 is 0 Å². The van der Waals surface area contributed by atoms with Crippen LogP contribution in [0.25, 0.3) is 0 Å². The zero-order valence-electron chi connectivity index (χ0n) is 12.0. The third-order valence-corrected chi connectivity index (χ3v) is 4.92. The Morgan fingerprint density at radius 2 is 2.00 bits per heavy atom. The van der Waals surface area contributed by atoms with Crippen molar-refractivity contribution in [3.63, 3.8) is 0 Å². The summed E-state index contributed by atoms with van der Waals surface area (Å²) in [5, 5.41) is 2.80. The molecule has 0 fully saturated rings. The Morgan fingerprint density at radius 1 is 1.30 bits per heavy atom. The van der Waals surface area contributed by atoms with E-state index in [1.807, 2.05) is 20.8 Å². The Bertz CT molecular complexity index is 636. The summed E-state index contributed by atoms with van der Waals surface area (Å²) in [6.07, 6.45) is 1.46. The number of hydrogen-bond acceptors (Lipinski definition) is 3. The number of fused-ring (bicyclic) bond motifs is 1. The van der Waals surface area contributed by atoms with Gasteiger partial charge in [0.25, 0.3) is 0 Å². The summed E-state index contributed by atoms with van der Waals surface area (Å²) in [5.74, 6) is 0.0414. The Balaban J connectivity index is 2.26. The van der Waals surface area contributed by atoms with Gasteiger partial charge in [-0.3, -0.25) is 9.52 Å². The summed E-state index contributed by atoms with van der Waals surface area (Å²) in [6.45, 7) is 5.60. The molecule has 1 amide bonds. The summed E-state index contributed by atoms with van der Waals surface area (Å²) in [7, 11) is -3.32. The first-order valence-corrected chi connectivity index (χ1v) is 8.38. The van der Waals surface area contributed by atoms with Crippen molar-refractivity contribution in [1.29, 1.82) is 0 Å². The summed E-state index contributed by atoms with van der Waals surface area (Å²) >= 11 is 0. The van der Waals surface area contributed by atoms with Gasteiger partial charge in [-0.15, -0.1) is 0 Å². The van der Waals surface area contributed by atoms with Crippen LogP contribution in [0.5, 0.6) is 0 Å². The van der Waals surface area contributed by atoms with Gasteiger partial charge in [-0.25, -0.2) is 8.42 Å². The van der Waals surface area contributed by atoms with Crippen molar-refractivity contribution < 1.29 is 13.2 Å². The number of amides is 1. The van der Waals surface area contributed by atoms with Gasteiger partial charge in [0.2, 0.25) is 15.9 Å². The van der Waals surface area contributed by atoms with Crippen molar-refractivity contribution in [1.82, 2.24) is 0 Å². The van der Waals surface area contributed by atoms with Gasteiger partial charge >= 0.3 is 0 Å². The van der Waals surface area contributed by atoms with E-state index in [2.05, 4.69) is 10.0 Å². The van der Waals surface area contributed by atoms with E-state index >= 15 is 0 Å². The fourth-order valence-corrected chi connectivity index (χ4v) is 3.46. The second-order valence-electron chi connectivity index (χ2n) is 5.61. The highest BCUT2D eigenvalue weighted by molar-refractivity contribution is 7.92. The first-order valence-electron chi connectivity index (χ1n) is 6.73. The number of carbonyl (C=O) groups is 1. The number of anilines is 2. The van der Waals surface area contributed by atoms with Crippen molar-refractivity contribution >= 4 is 27.3 Å². The average molecular weight is 296 g/mol. The summed E-state index contributed by atoms with van der Waals surface area (Å²) < 4.78 is 26.4. The molecule has 0 aromatic heterocycles. The third-order valence-electron chi connectivity index (χ3n) is 3.55. The molecule has 110 valence electrons. The van der Waals surface area contributed by atoms with Crippen LogP contribution in [0, 0.1) is 0 Å². The molecule has 1 heterocycles. The third kappa shape index (κ3) is 2.80. The van der Waals surface area contributed by atoms with E-state index in [-0.39, 0.29) is 11.7 Å². The topological polar surface area (TPSA) is 75.3 Å². The molecule has 2 N–H and O–H groups in total. The van der Waals surface area contributed by atoms with Gasteiger partial charge in [0.15, 0.2) is 0 Å². The van der Waals surface area contributed by atoms with Gasteiger partial charge in [0.1, 0.15) is 0 Å². The fourth-order valence-electron chi connectivity index (χ4n) is 2.20. The molecule has 0 saturated carbocycles. The highest BCUT2D eigenvalue weighted by Gasteiger charge is 2.38. The molecule has 0 bridgehead atoms. The van der Waals surface area contributed by atoms with Crippen LogP contribution in [0.1, 0.15) is 39.2 Å². The molecule has 1 aromatic carbocycles.